The van der Waals surface area contributed by atoms with Crippen LogP contribution >= 0.6 is 0 Å². The number of fused-ring (bicyclic) bond motifs is 1. The van der Waals surface area contributed by atoms with Gasteiger partial charge < -0.3 is 19.7 Å². The van der Waals surface area contributed by atoms with Crippen molar-refractivity contribution in [3.63, 3.8) is 0 Å². The lowest BCUT2D eigenvalue weighted by atomic mass is 9.75. The van der Waals surface area contributed by atoms with Gasteiger partial charge in [-0.1, -0.05) is 12.1 Å². The van der Waals surface area contributed by atoms with Crippen molar-refractivity contribution in [2.75, 3.05) is 38.5 Å². The van der Waals surface area contributed by atoms with Crippen LogP contribution in [0.15, 0.2) is 47.7 Å². The number of methoxy groups -OCH3 is 2. The van der Waals surface area contributed by atoms with Gasteiger partial charge in [0.1, 0.15) is 0 Å². The number of ether oxygens (including phenoxy) is 2. The fourth-order valence-corrected chi connectivity index (χ4v) is 4.20. The Hall–Kier alpha value is -2.95. The number of carbonyl (C=O) groups excluding carboxylic acids is 1. The fourth-order valence-electron chi connectivity index (χ4n) is 4.20. The maximum Gasteiger partial charge on any atom is 0.162 e. The number of allylic oxidation sites excluding steroid dienone is 2. The molecule has 2 aliphatic rings. The summed E-state index contributed by atoms with van der Waals surface area (Å²) in [4.78, 5) is 15.0. The number of Topliss-reactive ketones (excluding diaryl/α,β-unsaturated/α-hetero) is 1. The number of carbonyl (C=O) groups is 1. The summed E-state index contributed by atoms with van der Waals surface area (Å²) < 4.78 is 11.0. The predicted molar refractivity (Wildman–Crippen MR) is 112 cm³/mol. The summed E-state index contributed by atoms with van der Waals surface area (Å²) in [5.41, 5.74) is 6.20. The minimum atomic E-state index is -0.102. The van der Waals surface area contributed by atoms with Crippen molar-refractivity contribution in [1.29, 1.82) is 0 Å². The van der Waals surface area contributed by atoms with E-state index in [-0.39, 0.29) is 11.7 Å². The van der Waals surface area contributed by atoms with E-state index in [9.17, 15) is 4.79 Å². The highest BCUT2D eigenvalue weighted by Gasteiger charge is 2.35. The Morgan fingerprint density at radius 2 is 1.68 bits per heavy atom. The Bertz CT molecular complexity index is 945. The minimum absolute atomic E-state index is 0.102. The van der Waals surface area contributed by atoms with Gasteiger partial charge in [-0.25, -0.2) is 0 Å². The second-order valence-corrected chi connectivity index (χ2v) is 7.51. The molecule has 0 radical (unpaired) electrons. The van der Waals surface area contributed by atoms with Crippen LogP contribution in [0.5, 0.6) is 11.5 Å². The van der Waals surface area contributed by atoms with E-state index in [1.165, 1.54) is 0 Å². The molecule has 0 saturated carbocycles. The molecule has 1 aliphatic heterocycles. The standard InChI is InChI=1S/C23H26N2O3/c1-25(2)15-10-8-14(9-11-15)22-16-12-20(27-3)21(28-4)13-18(16)24-17-6-5-7-19(26)23(17)22/h8-13,22,24H,5-7H2,1-4H3/t22-/m0/s1. The number of hydrogen-bond donors (Lipinski definition) is 1. The van der Waals surface area contributed by atoms with Crippen LogP contribution in [-0.4, -0.2) is 34.1 Å². The van der Waals surface area contributed by atoms with Gasteiger partial charge in [0, 0.05) is 55.1 Å². The number of rotatable bonds is 4. The average Bonchev–Trinajstić information content (AvgIpc) is 2.71. The fraction of sp³-hybridized carbons (Fsp3) is 0.348. The molecule has 0 amide bonds. The van der Waals surface area contributed by atoms with Crippen LogP contribution in [0.3, 0.4) is 0 Å². The molecule has 28 heavy (non-hydrogen) atoms. The van der Waals surface area contributed by atoms with Gasteiger partial charge in [-0.3, -0.25) is 4.79 Å². The lowest BCUT2D eigenvalue weighted by Gasteiger charge is -2.34. The Labute approximate surface area is 165 Å². The summed E-state index contributed by atoms with van der Waals surface area (Å²) in [7, 11) is 7.33. The molecule has 2 aromatic carbocycles. The van der Waals surface area contributed by atoms with Crippen LogP contribution in [0.2, 0.25) is 0 Å². The molecule has 0 unspecified atom stereocenters. The van der Waals surface area contributed by atoms with Crippen LogP contribution < -0.4 is 19.7 Å². The maximum absolute atomic E-state index is 12.9. The molecular weight excluding hydrogens is 352 g/mol. The molecule has 5 heteroatoms. The Balaban J connectivity index is 1.90. The molecule has 146 valence electrons. The van der Waals surface area contributed by atoms with Crippen LogP contribution in [-0.2, 0) is 4.79 Å². The van der Waals surface area contributed by atoms with E-state index in [0.29, 0.717) is 17.9 Å². The van der Waals surface area contributed by atoms with Crippen molar-refractivity contribution in [3.8, 4) is 11.5 Å². The molecule has 1 heterocycles. The highest BCUT2D eigenvalue weighted by molar-refractivity contribution is 6.01. The molecule has 4 rings (SSSR count). The predicted octanol–water partition coefficient (Wildman–Crippen LogP) is 4.33. The molecule has 0 bridgehead atoms. The molecule has 0 spiro atoms. The van der Waals surface area contributed by atoms with Gasteiger partial charge >= 0.3 is 0 Å². The zero-order valence-electron chi connectivity index (χ0n) is 16.8. The second-order valence-electron chi connectivity index (χ2n) is 7.51. The van der Waals surface area contributed by atoms with Crippen molar-refractivity contribution in [1.82, 2.24) is 0 Å². The van der Waals surface area contributed by atoms with Gasteiger partial charge in [-0.15, -0.1) is 0 Å². The van der Waals surface area contributed by atoms with Gasteiger partial charge in [-0.05, 0) is 42.2 Å². The van der Waals surface area contributed by atoms with E-state index in [2.05, 4.69) is 34.5 Å². The number of hydrogen-bond acceptors (Lipinski definition) is 5. The highest BCUT2D eigenvalue weighted by atomic mass is 16.5. The van der Waals surface area contributed by atoms with Gasteiger partial charge in [0.2, 0.25) is 0 Å². The molecule has 0 saturated heterocycles. The van der Waals surface area contributed by atoms with Crippen LogP contribution in [0, 0.1) is 0 Å². The zero-order valence-corrected chi connectivity index (χ0v) is 16.8. The van der Waals surface area contributed by atoms with Gasteiger partial charge in [0.25, 0.3) is 0 Å². The Morgan fingerprint density at radius 1 is 1.00 bits per heavy atom. The molecule has 2 aromatic rings. The van der Waals surface area contributed by atoms with Crippen LogP contribution in [0.4, 0.5) is 11.4 Å². The number of nitrogens with one attached hydrogen (secondary N) is 1. The maximum atomic E-state index is 12.9. The lowest BCUT2D eigenvalue weighted by molar-refractivity contribution is -0.116. The van der Waals surface area contributed by atoms with E-state index in [1.807, 2.05) is 26.2 Å². The smallest absolute Gasteiger partial charge is 0.162 e. The summed E-state index contributed by atoms with van der Waals surface area (Å²) in [6.07, 6.45) is 2.39. The summed E-state index contributed by atoms with van der Waals surface area (Å²) in [6, 6.07) is 12.4. The van der Waals surface area contributed by atoms with Gasteiger partial charge in [-0.2, -0.15) is 0 Å². The third-order valence-electron chi connectivity index (χ3n) is 5.64. The summed E-state index contributed by atoms with van der Waals surface area (Å²) in [5.74, 6) is 1.48. The molecular formula is C23H26N2O3. The first-order valence-electron chi connectivity index (χ1n) is 9.60. The summed E-state index contributed by atoms with van der Waals surface area (Å²) >= 11 is 0. The average molecular weight is 378 g/mol. The zero-order chi connectivity index (χ0) is 19.8. The van der Waals surface area contributed by atoms with E-state index in [4.69, 9.17) is 9.47 Å². The van der Waals surface area contributed by atoms with Crippen LogP contribution in [0.1, 0.15) is 36.3 Å². The normalized spacial score (nSPS) is 18.1. The largest absolute Gasteiger partial charge is 0.493 e. The molecule has 5 nitrogen and oxygen atoms in total. The first-order chi connectivity index (χ1) is 13.5. The highest BCUT2D eigenvalue weighted by Crippen LogP contribution is 2.48. The van der Waals surface area contributed by atoms with E-state index in [0.717, 1.165) is 46.6 Å². The molecule has 0 fully saturated rings. The SMILES string of the molecule is COc1cc2c(cc1OC)[C@H](c1ccc(N(C)C)cc1)C1=C(CCCC1=O)N2. The first-order valence-corrected chi connectivity index (χ1v) is 9.60. The Morgan fingerprint density at radius 3 is 2.32 bits per heavy atom. The van der Waals surface area contributed by atoms with E-state index < -0.39 is 0 Å². The first kappa shape index (κ1) is 18.4. The molecule has 1 atom stereocenters. The summed E-state index contributed by atoms with van der Waals surface area (Å²) in [5, 5.41) is 3.50. The topological polar surface area (TPSA) is 50.8 Å². The summed E-state index contributed by atoms with van der Waals surface area (Å²) in [6.45, 7) is 0. The quantitative estimate of drug-likeness (QED) is 0.858. The van der Waals surface area contributed by atoms with E-state index in [1.54, 1.807) is 14.2 Å². The molecule has 1 N–H and O–H groups in total. The van der Waals surface area contributed by atoms with Crippen LogP contribution in [0.25, 0.3) is 0 Å². The lowest BCUT2D eigenvalue weighted by Crippen LogP contribution is -2.27. The molecule has 0 aromatic heterocycles. The number of nitrogens with zero attached hydrogens (tertiary/aromatic N) is 1. The second kappa shape index (κ2) is 7.23. The van der Waals surface area contributed by atoms with Crippen molar-refractivity contribution in [3.05, 3.63) is 58.8 Å². The third-order valence-corrected chi connectivity index (χ3v) is 5.64. The van der Waals surface area contributed by atoms with Crippen molar-refractivity contribution in [2.24, 2.45) is 0 Å². The van der Waals surface area contributed by atoms with Crippen molar-refractivity contribution >= 4 is 17.2 Å². The van der Waals surface area contributed by atoms with Gasteiger partial charge in [0.15, 0.2) is 17.3 Å². The van der Waals surface area contributed by atoms with Crippen molar-refractivity contribution in [2.45, 2.75) is 25.2 Å². The monoisotopic (exact) mass is 378 g/mol. The van der Waals surface area contributed by atoms with Gasteiger partial charge in [0.05, 0.1) is 14.2 Å². The minimum Gasteiger partial charge on any atom is -0.493 e. The number of ketones is 1. The number of benzene rings is 2. The van der Waals surface area contributed by atoms with E-state index >= 15 is 0 Å². The molecule has 1 aliphatic carbocycles. The van der Waals surface area contributed by atoms with Crippen molar-refractivity contribution < 1.29 is 14.3 Å². The third kappa shape index (κ3) is 3.01. The Kier molecular flexibility index (Phi) is 4.75. The number of anilines is 2.